The molecule has 1 saturated carbocycles. The molecule has 0 spiro atoms. The van der Waals surface area contributed by atoms with E-state index in [9.17, 15) is 30.8 Å². The minimum atomic E-state index is -5.04. The van der Waals surface area contributed by atoms with E-state index in [2.05, 4.69) is 9.46 Å². The van der Waals surface area contributed by atoms with Crippen molar-refractivity contribution >= 4 is 21.7 Å². The van der Waals surface area contributed by atoms with Crippen molar-refractivity contribution < 1.29 is 35.5 Å². The lowest BCUT2D eigenvalue weighted by atomic mass is 10.1. The van der Waals surface area contributed by atoms with Gasteiger partial charge >= 0.3 is 12.1 Å². The number of hydrogen-bond donors (Lipinski definition) is 1. The Bertz CT molecular complexity index is 1310. The molecule has 1 aromatic heterocycles. The third kappa shape index (κ3) is 4.58. The number of esters is 1. The number of carbonyl (C=O) groups is 1. The van der Waals surface area contributed by atoms with Gasteiger partial charge in [-0.3, -0.25) is 4.72 Å². The van der Waals surface area contributed by atoms with Crippen LogP contribution < -0.4 is 4.72 Å². The average molecular weight is 482 g/mol. The van der Waals surface area contributed by atoms with Gasteiger partial charge in [-0.1, -0.05) is 6.07 Å². The van der Waals surface area contributed by atoms with E-state index in [0.717, 1.165) is 26.0 Å². The lowest BCUT2D eigenvalue weighted by Gasteiger charge is -2.18. The Morgan fingerprint density at radius 1 is 1.12 bits per heavy atom. The van der Waals surface area contributed by atoms with Crippen LogP contribution in [0, 0.1) is 5.82 Å². The highest BCUT2D eigenvalue weighted by molar-refractivity contribution is 7.92. The molecular formula is C22H18F4N2O4S. The number of methoxy groups -OCH3 is 1. The number of anilines is 1. The van der Waals surface area contributed by atoms with Crippen molar-refractivity contribution in [3.05, 3.63) is 77.4 Å². The predicted molar refractivity (Wildman–Crippen MR) is 111 cm³/mol. The molecule has 6 nitrogen and oxygen atoms in total. The monoisotopic (exact) mass is 482 g/mol. The van der Waals surface area contributed by atoms with Gasteiger partial charge in [0.25, 0.3) is 10.0 Å². The number of aromatic nitrogens is 1. The summed E-state index contributed by atoms with van der Waals surface area (Å²) in [5, 5.41) is 0. The Morgan fingerprint density at radius 2 is 1.79 bits per heavy atom. The maximum Gasteiger partial charge on any atom is 0.419 e. The fraction of sp³-hybridized carbons (Fsp3) is 0.227. The molecule has 2 aromatic carbocycles. The summed E-state index contributed by atoms with van der Waals surface area (Å²) in [6.45, 7) is 0. The maximum absolute atomic E-state index is 14.3. The van der Waals surface area contributed by atoms with Gasteiger partial charge in [0.15, 0.2) is 0 Å². The SMILES string of the molecule is COC(=O)c1ccc(C2CC2)c(S(=O)(=O)Nc2cc(C(F)(F)F)c(F)cc2-n2cccc2)c1. The molecule has 0 amide bonds. The van der Waals surface area contributed by atoms with Gasteiger partial charge < -0.3 is 9.30 Å². The molecule has 0 aliphatic heterocycles. The van der Waals surface area contributed by atoms with Crippen molar-refractivity contribution in [3.8, 4) is 5.69 Å². The average Bonchev–Trinajstić information content (AvgIpc) is 3.46. The highest BCUT2D eigenvalue weighted by atomic mass is 32.2. The van der Waals surface area contributed by atoms with Gasteiger partial charge in [-0.25, -0.2) is 17.6 Å². The summed E-state index contributed by atoms with van der Waals surface area (Å²) >= 11 is 0. The molecule has 33 heavy (non-hydrogen) atoms. The van der Waals surface area contributed by atoms with Crippen molar-refractivity contribution in [2.75, 3.05) is 11.8 Å². The molecule has 1 N–H and O–H groups in total. The number of nitrogens with zero attached hydrogens (tertiary/aromatic N) is 1. The van der Waals surface area contributed by atoms with E-state index in [1.165, 1.54) is 29.1 Å². The second kappa shape index (κ2) is 8.22. The third-order valence-electron chi connectivity index (χ3n) is 5.26. The largest absolute Gasteiger partial charge is 0.465 e. The molecule has 4 rings (SSSR count). The van der Waals surface area contributed by atoms with Crippen molar-refractivity contribution in [1.82, 2.24) is 4.57 Å². The lowest BCUT2D eigenvalue weighted by Crippen LogP contribution is -2.19. The molecule has 11 heteroatoms. The minimum Gasteiger partial charge on any atom is -0.465 e. The second-order valence-electron chi connectivity index (χ2n) is 7.56. The maximum atomic E-state index is 14.3. The summed E-state index contributed by atoms with van der Waals surface area (Å²) in [5.74, 6) is -2.35. The van der Waals surface area contributed by atoms with E-state index in [1.54, 1.807) is 12.1 Å². The Labute approximate surface area is 186 Å². The second-order valence-corrected chi connectivity index (χ2v) is 9.21. The summed E-state index contributed by atoms with van der Waals surface area (Å²) in [4.78, 5) is 11.7. The molecular weight excluding hydrogens is 464 g/mol. The van der Waals surface area contributed by atoms with E-state index >= 15 is 0 Å². The third-order valence-corrected chi connectivity index (χ3v) is 6.68. The number of ether oxygens (including phenoxy) is 1. The lowest BCUT2D eigenvalue weighted by molar-refractivity contribution is -0.139. The molecule has 0 unspecified atom stereocenters. The minimum absolute atomic E-state index is 0.0250. The van der Waals surface area contributed by atoms with Crippen LogP contribution in [0.25, 0.3) is 5.69 Å². The fourth-order valence-corrected chi connectivity index (χ4v) is 4.90. The van der Waals surface area contributed by atoms with Crippen LogP contribution in [0.2, 0.25) is 0 Å². The van der Waals surface area contributed by atoms with E-state index in [0.29, 0.717) is 17.7 Å². The summed E-state index contributed by atoms with van der Waals surface area (Å²) in [5.41, 5.74) is -1.79. The summed E-state index contributed by atoms with van der Waals surface area (Å²) in [6, 6.07) is 8.21. The first-order valence-corrected chi connectivity index (χ1v) is 11.3. The van der Waals surface area contributed by atoms with Gasteiger partial charge in [0, 0.05) is 18.5 Å². The van der Waals surface area contributed by atoms with Crippen LogP contribution in [-0.2, 0) is 20.9 Å². The Hall–Kier alpha value is -3.34. The topological polar surface area (TPSA) is 77.4 Å². The zero-order valence-electron chi connectivity index (χ0n) is 17.2. The zero-order valence-corrected chi connectivity index (χ0v) is 18.0. The number of rotatable bonds is 6. The number of halogens is 4. The number of carbonyl (C=O) groups excluding carboxylic acids is 1. The number of benzene rings is 2. The Kier molecular flexibility index (Phi) is 5.69. The molecule has 1 aliphatic rings. The molecule has 1 aliphatic carbocycles. The van der Waals surface area contributed by atoms with Gasteiger partial charge in [0.2, 0.25) is 0 Å². The summed E-state index contributed by atoms with van der Waals surface area (Å²) in [6.07, 6.45) is -0.683. The van der Waals surface area contributed by atoms with Gasteiger partial charge in [0.1, 0.15) is 5.82 Å². The van der Waals surface area contributed by atoms with Gasteiger partial charge in [0.05, 0.1) is 34.5 Å². The Balaban J connectivity index is 1.85. The first-order chi connectivity index (χ1) is 15.5. The summed E-state index contributed by atoms with van der Waals surface area (Å²) in [7, 11) is -3.32. The van der Waals surface area contributed by atoms with Crippen LogP contribution in [0.4, 0.5) is 23.2 Å². The van der Waals surface area contributed by atoms with Crippen molar-refractivity contribution in [3.63, 3.8) is 0 Å². The smallest absolute Gasteiger partial charge is 0.419 e. The van der Waals surface area contributed by atoms with Crippen LogP contribution >= 0.6 is 0 Å². The first-order valence-electron chi connectivity index (χ1n) is 9.80. The van der Waals surface area contributed by atoms with Gasteiger partial charge in [-0.15, -0.1) is 0 Å². The molecule has 174 valence electrons. The number of hydrogen-bond acceptors (Lipinski definition) is 4. The molecule has 0 radical (unpaired) electrons. The zero-order chi connectivity index (χ0) is 24.0. The van der Waals surface area contributed by atoms with E-state index < -0.39 is 39.2 Å². The van der Waals surface area contributed by atoms with E-state index in [-0.39, 0.29) is 22.1 Å². The van der Waals surface area contributed by atoms with Crippen LogP contribution in [0.15, 0.2) is 59.8 Å². The molecule has 0 bridgehead atoms. The molecule has 1 fully saturated rings. The van der Waals surface area contributed by atoms with Crippen LogP contribution in [0.5, 0.6) is 0 Å². The predicted octanol–water partition coefficient (Wildman–Crippen LogP) is 5.10. The normalized spacial score (nSPS) is 14.2. The van der Waals surface area contributed by atoms with Gasteiger partial charge in [-0.2, -0.15) is 13.2 Å². The first kappa shape index (κ1) is 22.8. The van der Waals surface area contributed by atoms with Crippen LogP contribution in [0.3, 0.4) is 0 Å². The number of nitrogens with one attached hydrogen (secondary N) is 1. The van der Waals surface area contributed by atoms with E-state index in [1.807, 2.05) is 0 Å². The quantitative estimate of drug-likeness (QED) is 0.392. The molecule has 0 atom stereocenters. The highest BCUT2D eigenvalue weighted by Crippen LogP contribution is 2.44. The van der Waals surface area contributed by atoms with Crippen molar-refractivity contribution in [1.29, 1.82) is 0 Å². The number of sulfonamides is 1. The molecule has 0 saturated heterocycles. The Morgan fingerprint density at radius 3 is 2.36 bits per heavy atom. The van der Waals surface area contributed by atoms with E-state index in [4.69, 9.17) is 0 Å². The van der Waals surface area contributed by atoms with Crippen molar-refractivity contribution in [2.45, 2.75) is 29.8 Å². The standard InChI is InChI=1S/C22H18F4N2O4S/c1-32-21(29)14-6-7-15(13-4-5-13)20(10-14)33(30,31)27-18-11-16(22(24,25)26)17(23)12-19(18)28-8-2-3-9-28/h2-3,6-13,27H,4-5H2,1H3. The highest BCUT2D eigenvalue weighted by Gasteiger charge is 2.36. The molecule has 3 aromatic rings. The number of alkyl halides is 3. The molecule has 1 heterocycles. The summed E-state index contributed by atoms with van der Waals surface area (Å²) < 4.78 is 89.1. The van der Waals surface area contributed by atoms with Gasteiger partial charge in [-0.05, 0) is 54.7 Å². The van der Waals surface area contributed by atoms with Crippen molar-refractivity contribution in [2.24, 2.45) is 0 Å². The van der Waals surface area contributed by atoms with Crippen LogP contribution in [0.1, 0.15) is 40.2 Å². The fourth-order valence-electron chi connectivity index (χ4n) is 3.51. The van der Waals surface area contributed by atoms with Crippen LogP contribution in [-0.4, -0.2) is 26.1 Å².